The summed E-state index contributed by atoms with van der Waals surface area (Å²) in [5.74, 6) is -15.7. The number of imidazole rings is 1. The fourth-order valence-electron chi connectivity index (χ4n) is 17.7. The number of hydrogen-bond donors (Lipinski definition) is 22. The number of benzene rings is 3. The van der Waals surface area contributed by atoms with Crippen molar-refractivity contribution in [1.29, 1.82) is 5.41 Å². The molecule has 0 saturated carbocycles. The topological polar surface area (TPSA) is 714 Å². The number of β-amino-alcohol motifs (C(OH)–C–C–N with tert-alkyl or cyclic N) is 1. The Balaban J connectivity index is 1.07. The summed E-state index contributed by atoms with van der Waals surface area (Å²) in [5.41, 5.74) is 25.7. The van der Waals surface area contributed by atoms with Crippen molar-refractivity contribution < 1.29 is 107 Å². The fourth-order valence-corrected chi connectivity index (χ4v) is 18.4. The first-order valence-corrected chi connectivity index (χ1v) is 50.1. The van der Waals surface area contributed by atoms with Gasteiger partial charge in [-0.25, -0.2) is 4.98 Å². The Bertz CT molecular complexity index is 5450. The van der Waals surface area contributed by atoms with Gasteiger partial charge in [0.1, 0.15) is 96.9 Å². The molecule has 5 heterocycles. The van der Waals surface area contributed by atoms with E-state index < -0.39 is 224 Å². The van der Waals surface area contributed by atoms with E-state index in [1.165, 1.54) is 92.3 Å². The number of unbranched alkanes of at least 4 members (excludes halogenated alkanes) is 4. The quantitative estimate of drug-likeness (QED) is 0.00857. The van der Waals surface area contributed by atoms with Gasteiger partial charge in [-0.2, -0.15) is 11.8 Å². The van der Waals surface area contributed by atoms with Crippen LogP contribution in [0.25, 0.3) is 21.8 Å². The van der Waals surface area contributed by atoms with E-state index in [-0.39, 0.29) is 134 Å². The Morgan fingerprint density at radius 1 is 0.559 bits per heavy atom. The number of rotatable bonds is 62. The first-order valence-electron chi connectivity index (χ1n) is 48.9. The Hall–Kier alpha value is -14.3. The van der Waals surface area contributed by atoms with E-state index in [9.17, 15) is 68.4 Å². The molecule has 3 aromatic carbocycles. The van der Waals surface area contributed by atoms with Gasteiger partial charge in [-0.3, -0.25) is 91.7 Å². The number of aromatic hydroxyl groups is 1. The van der Waals surface area contributed by atoms with Crippen LogP contribution in [0.3, 0.4) is 0 Å². The zero-order valence-electron chi connectivity index (χ0n) is 82.9. The third-order valence-corrected chi connectivity index (χ3v) is 26.7. The second-order valence-corrected chi connectivity index (χ2v) is 37.7. The first kappa shape index (κ1) is 116. The van der Waals surface area contributed by atoms with Gasteiger partial charge < -0.3 is 141 Å². The molecule has 8 rings (SSSR count). The molecule has 0 aliphatic carbocycles. The van der Waals surface area contributed by atoms with Crippen LogP contribution in [-0.4, -0.2) is 340 Å². The summed E-state index contributed by atoms with van der Waals surface area (Å²) in [4.78, 5) is 274. The number of para-hydroxylation sites is 2. The Morgan fingerprint density at radius 3 is 1.73 bits per heavy atom. The van der Waals surface area contributed by atoms with Gasteiger partial charge in [0.15, 0.2) is 5.96 Å². The van der Waals surface area contributed by atoms with Crippen LogP contribution in [-0.2, 0) is 119 Å². The van der Waals surface area contributed by atoms with Gasteiger partial charge in [-0.15, -0.1) is 0 Å². The third-order valence-electron chi connectivity index (χ3n) is 25.7. The van der Waals surface area contributed by atoms with Gasteiger partial charge in [0.25, 0.3) is 0 Å². The number of likely N-dealkylation sites (N-methyl/N-ethyl adjacent to an activating group) is 3. The molecule has 3 aromatic heterocycles. The maximum absolute atomic E-state index is 16.1. The van der Waals surface area contributed by atoms with Crippen LogP contribution in [0.15, 0.2) is 97.7 Å². The third kappa shape index (κ3) is 34.2. The van der Waals surface area contributed by atoms with Crippen molar-refractivity contribution in [2.75, 3.05) is 71.9 Å². The molecule has 47 nitrogen and oxygen atoms in total. The van der Waals surface area contributed by atoms with Gasteiger partial charge in [0.05, 0.1) is 25.4 Å². The maximum Gasteiger partial charge on any atom is 0.323 e. The number of carboxylic acids is 2. The number of aromatic nitrogens is 4. The van der Waals surface area contributed by atoms with Crippen LogP contribution in [0.2, 0.25) is 0 Å². The molecule has 15 atom stereocenters. The van der Waals surface area contributed by atoms with Gasteiger partial charge in [-0.05, 0) is 144 Å². The molecule has 48 heteroatoms. The smallest absolute Gasteiger partial charge is 0.323 e. The predicted molar refractivity (Wildman–Crippen MR) is 535 cm³/mol. The molecule has 792 valence electrons. The second kappa shape index (κ2) is 57.9. The predicted octanol–water partition coefficient (Wildman–Crippen LogP) is -1.92. The van der Waals surface area contributed by atoms with Crippen LogP contribution in [0.4, 0.5) is 0 Å². The number of amides is 16. The normalized spacial score (nSPS) is 16.4. The molecule has 2 aliphatic rings. The number of phenolic OH excluding ortho intramolecular Hbond substituents is 1. The van der Waals surface area contributed by atoms with Crippen LogP contribution in [0.1, 0.15) is 166 Å². The highest BCUT2D eigenvalue weighted by Crippen LogP contribution is 2.29. The van der Waals surface area contributed by atoms with E-state index >= 15 is 38.4 Å². The van der Waals surface area contributed by atoms with Gasteiger partial charge in [-0.1, -0.05) is 95.0 Å². The molecule has 6 aromatic rings. The summed E-state index contributed by atoms with van der Waals surface area (Å²) < 4.78 is 1.45. The van der Waals surface area contributed by atoms with E-state index in [2.05, 4.69) is 73.4 Å². The number of likely N-dealkylation sites (tertiary alicyclic amines) is 2. The molecular weight excluding hydrogens is 1900 g/mol. The van der Waals surface area contributed by atoms with Crippen LogP contribution in [0.5, 0.6) is 5.75 Å². The number of fused-ring (bicyclic) bond motifs is 2. The van der Waals surface area contributed by atoms with E-state index in [0.29, 0.717) is 94.9 Å². The number of aliphatic carboxylic acids is 2. The number of phenols is 1. The Labute approximate surface area is 843 Å². The zero-order valence-corrected chi connectivity index (χ0v) is 83.7. The first-order chi connectivity index (χ1) is 69.3. The largest absolute Gasteiger partial charge is 0.508 e. The number of primary amides is 1. The molecule has 26 N–H and O–H groups in total. The lowest BCUT2D eigenvalue weighted by Gasteiger charge is -2.36. The van der Waals surface area contributed by atoms with Crippen molar-refractivity contribution >= 4 is 146 Å². The number of carbonyl (C=O) groups excluding carboxylic acids is 16. The number of thioether (sulfide) groups is 1. The Kier molecular flexibility index (Phi) is 46.3. The molecule has 16 amide bonds. The van der Waals surface area contributed by atoms with Crippen molar-refractivity contribution in [1.82, 2.24) is 103 Å². The summed E-state index contributed by atoms with van der Waals surface area (Å²) in [7, 11) is 3.99. The van der Waals surface area contributed by atoms with E-state index in [4.69, 9.17) is 28.3 Å². The molecule has 0 bridgehead atoms. The molecule has 2 fully saturated rings. The van der Waals surface area contributed by atoms with Crippen molar-refractivity contribution in [2.24, 2.45) is 22.9 Å². The van der Waals surface area contributed by atoms with Crippen LogP contribution < -0.4 is 81.4 Å². The highest BCUT2D eigenvalue weighted by molar-refractivity contribution is 7.99. The molecule has 0 radical (unpaired) electrons. The molecule has 145 heavy (non-hydrogen) atoms. The van der Waals surface area contributed by atoms with Crippen molar-refractivity contribution in [3.8, 4) is 5.75 Å². The number of aliphatic hydroxyl groups is 1. The monoisotopic (exact) mass is 2040 g/mol. The highest BCUT2D eigenvalue weighted by atomic mass is 32.2. The van der Waals surface area contributed by atoms with Crippen molar-refractivity contribution in [3.05, 3.63) is 120 Å². The summed E-state index contributed by atoms with van der Waals surface area (Å²) in [6.45, 7) is 5.50. The van der Waals surface area contributed by atoms with E-state index in [0.717, 1.165) is 19.6 Å². The van der Waals surface area contributed by atoms with Gasteiger partial charge in [0.2, 0.25) is 95.0 Å². The average molecular weight is 2040 g/mol. The SMILES string of the molecule is CCCC[C@@H](C(=O)N(C)[C@@H](CCCC)C(=O)N[C@@H](CCCNC(=N)N)C(=O)N[C@@H](CSCC)C(=O)NCC(N)=O)N(C)C(=O)[C@H](Cc1cn(CC(=O)O)c2ccccc12)NC(=O)[C@H](CCCCN)NC(=O)[C@H](Cc1c[nH]c2ccccc12)NC(=O)[C@@H]1C[C@@H](O)CN1C(=O)[C@H](CCCCN)NC(=O)[C@H](Cc1cnc[nH]1)NC(=O)[C@@H]1CCCN1C(=O)[C@H](CC(=O)O)NC(=O)[C@H](C)N(C)C(=O)[C@H](Cc1ccc(O)cc1)NC=O. The van der Waals surface area contributed by atoms with Gasteiger partial charge >= 0.3 is 11.9 Å². The lowest BCUT2D eigenvalue weighted by molar-refractivity contribution is -0.149. The lowest BCUT2D eigenvalue weighted by atomic mass is 9.99. The number of carbonyl (C=O) groups is 18. The summed E-state index contributed by atoms with van der Waals surface area (Å²) in [5, 5.41) is 80.0. The number of aliphatic hydroxyl groups excluding tert-OH is 1. The number of nitrogens with one attached hydrogen (secondary N) is 14. The van der Waals surface area contributed by atoms with Crippen molar-refractivity contribution in [3.63, 3.8) is 0 Å². The number of H-pyrrole nitrogens is 2. The lowest BCUT2D eigenvalue weighted by Crippen LogP contribution is -2.61. The summed E-state index contributed by atoms with van der Waals surface area (Å²) in [6.07, 6.45) is 4.95. The number of nitrogens with two attached hydrogens (primary N) is 4. The molecular formula is C97H141N25O22S. The standard InChI is InChI=1S/C97H141N25O22S/c1-8-11-29-76(89(137)110-67(28-21-39-104-97(101)102)86(134)116-74(53-145-10-3)84(132)106-49-80(100)126)118(6)96(144)78(30-12-9-2)119(7)93(141)72(43-59-50-120(52-82(129)130)75-31-16-14-24-64(59)75)115-85(133)66(26-17-19-37-98)109-87(135)69(42-58-47-105-65-25-15-13-23-63(58)65)112-91(139)79-45-62(125)51-122(79)94(142)68(27-18-20-38-99)111-88(136)70(44-60-48-103-54-107-60)113-90(138)77-32-22-40-121(77)95(143)73(46-81(127)128)114-83(131)56(4)117(5)92(140)71(108-55-123)41-57-33-35-61(124)36-34-57/h13-16,23-25,31,33-36,47-48,50,54-56,62,66-74,76-79,105,124-125H,8-12,17-22,26-30,32,37-46,49,51-53,98-99H2,1-7H3,(H2,100,126)(H,103,107)(H,106,132)(H,108,123)(H,109,135)(H,110,137)(H,111,136)(H,112,139)(H,113,138)(H,114,131)(H,115,133)(H,116,134)(H,127,128)(H,129,130)(H4,101,102,104)/t56-,62+,66-,67-,68-,69-,70-,71-,72-,73-,74-,76-,77-,78-,79-/m0/s1. The minimum Gasteiger partial charge on any atom is -0.508 e. The average Bonchev–Trinajstić information content (AvgIpc) is 1.77. The van der Waals surface area contributed by atoms with E-state index in [1.54, 1.807) is 54.7 Å². The maximum atomic E-state index is 16.1. The number of nitrogens with zero attached hydrogens (tertiary/aromatic N) is 7. The van der Waals surface area contributed by atoms with Crippen molar-refractivity contribution in [2.45, 2.75) is 266 Å². The zero-order chi connectivity index (χ0) is 106. The van der Waals surface area contributed by atoms with Gasteiger partial charge in [0, 0.05) is 125 Å². The minimum absolute atomic E-state index is 0.00553. The molecule has 0 spiro atoms. The highest BCUT2D eigenvalue weighted by Gasteiger charge is 2.47. The fraction of sp³-hybridized carbons (Fsp3) is 0.546. The number of guanidine groups is 1. The Morgan fingerprint density at radius 2 is 1.12 bits per heavy atom. The number of aromatic amines is 2. The number of hydrogen-bond acceptors (Lipinski definition) is 25. The molecule has 2 saturated heterocycles. The number of carboxylic acid groups (broad SMARTS) is 2. The minimum atomic E-state index is -1.82. The van der Waals surface area contributed by atoms with E-state index in [1.807, 2.05) is 20.8 Å². The van der Waals surface area contributed by atoms with Crippen LogP contribution in [0, 0.1) is 5.41 Å². The van der Waals surface area contributed by atoms with Crippen LogP contribution >= 0.6 is 11.8 Å². The summed E-state index contributed by atoms with van der Waals surface area (Å²) >= 11 is 1.31. The summed E-state index contributed by atoms with van der Waals surface area (Å²) in [6, 6.07) is -1.05. The second-order valence-electron chi connectivity index (χ2n) is 36.4. The molecule has 2 aliphatic heterocycles. The molecule has 0 unspecified atom stereocenters.